The molecule has 0 bridgehead atoms. The highest BCUT2D eigenvalue weighted by atomic mass is 79.9. The molecule has 1 amide bonds. The maximum atomic E-state index is 11.5. The van der Waals surface area contributed by atoms with E-state index < -0.39 is 0 Å². The van der Waals surface area contributed by atoms with Crippen molar-refractivity contribution >= 4 is 39.3 Å². The molecular formula is C10H11BrClNO. The molecule has 14 heavy (non-hydrogen) atoms. The van der Waals surface area contributed by atoms with E-state index in [9.17, 15) is 4.79 Å². The van der Waals surface area contributed by atoms with Crippen LogP contribution in [0.15, 0.2) is 28.7 Å². The number of carbonyl (C=O) groups excluding carboxylic acids is 1. The SMILES string of the molecule is CCCC(=O)N(Cl)c1ccccc1Br. The number of hydrogen-bond acceptors (Lipinski definition) is 1. The summed E-state index contributed by atoms with van der Waals surface area (Å²) in [6.45, 7) is 1.95. The minimum Gasteiger partial charge on any atom is -0.273 e. The number of rotatable bonds is 3. The van der Waals surface area contributed by atoms with Gasteiger partial charge in [-0.2, -0.15) is 0 Å². The fourth-order valence-corrected chi connectivity index (χ4v) is 1.85. The van der Waals surface area contributed by atoms with Crippen LogP contribution in [0.2, 0.25) is 0 Å². The van der Waals surface area contributed by atoms with Crippen molar-refractivity contribution in [3.63, 3.8) is 0 Å². The standard InChI is InChI=1S/C10H11BrClNO/c1-2-5-10(14)13(12)9-7-4-3-6-8(9)11/h3-4,6-7H,2,5H2,1H3. The van der Waals surface area contributed by atoms with Gasteiger partial charge in [0.05, 0.1) is 5.69 Å². The van der Waals surface area contributed by atoms with Crippen molar-refractivity contribution in [1.29, 1.82) is 0 Å². The van der Waals surface area contributed by atoms with Gasteiger partial charge in [0.25, 0.3) is 0 Å². The van der Waals surface area contributed by atoms with Crippen molar-refractivity contribution in [1.82, 2.24) is 0 Å². The lowest BCUT2D eigenvalue weighted by Gasteiger charge is -2.14. The van der Waals surface area contributed by atoms with E-state index in [2.05, 4.69) is 15.9 Å². The summed E-state index contributed by atoms with van der Waals surface area (Å²) in [6.07, 6.45) is 1.26. The summed E-state index contributed by atoms with van der Waals surface area (Å²) in [5, 5.41) is 0. The van der Waals surface area contributed by atoms with E-state index in [0.29, 0.717) is 12.1 Å². The van der Waals surface area contributed by atoms with E-state index in [-0.39, 0.29) is 5.91 Å². The lowest BCUT2D eigenvalue weighted by atomic mass is 10.3. The largest absolute Gasteiger partial charge is 0.273 e. The predicted octanol–water partition coefficient (Wildman–Crippen LogP) is 3.74. The predicted molar refractivity (Wildman–Crippen MR) is 62.4 cm³/mol. The van der Waals surface area contributed by atoms with Crippen LogP contribution in [0.3, 0.4) is 0 Å². The van der Waals surface area contributed by atoms with Gasteiger partial charge in [0.1, 0.15) is 0 Å². The van der Waals surface area contributed by atoms with Crippen molar-refractivity contribution in [2.75, 3.05) is 4.42 Å². The first kappa shape index (κ1) is 11.5. The van der Waals surface area contributed by atoms with Gasteiger partial charge < -0.3 is 0 Å². The number of nitrogens with zero attached hydrogens (tertiary/aromatic N) is 1. The minimum absolute atomic E-state index is 0.0823. The Bertz CT molecular complexity index is 330. The lowest BCUT2D eigenvalue weighted by Crippen LogP contribution is -2.20. The smallest absolute Gasteiger partial charge is 0.241 e. The molecule has 0 aliphatic rings. The average molecular weight is 277 g/mol. The minimum atomic E-state index is -0.0823. The molecule has 0 aromatic heterocycles. The fourth-order valence-electron chi connectivity index (χ4n) is 1.06. The van der Waals surface area contributed by atoms with Gasteiger partial charge in [-0.25, -0.2) is 4.42 Å². The summed E-state index contributed by atoms with van der Waals surface area (Å²) in [7, 11) is 0. The van der Waals surface area contributed by atoms with Crippen LogP contribution >= 0.6 is 27.7 Å². The molecule has 0 unspecified atom stereocenters. The van der Waals surface area contributed by atoms with Crippen LogP contribution in [0, 0.1) is 0 Å². The number of halogens is 2. The van der Waals surface area contributed by atoms with Gasteiger partial charge in [0.15, 0.2) is 0 Å². The summed E-state index contributed by atoms with van der Waals surface area (Å²) in [4.78, 5) is 11.5. The zero-order valence-corrected chi connectivity index (χ0v) is 10.2. The molecule has 0 aliphatic carbocycles. The van der Waals surface area contributed by atoms with E-state index in [0.717, 1.165) is 15.3 Å². The van der Waals surface area contributed by atoms with Crippen LogP contribution < -0.4 is 4.42 Å². The van der Waals surface area contributed by atoms with Crippen molar-refractivity contribution in [3.8, 4) is 0 Å². The molecule has 4 heteroatoms. The highest BCUT2D eigenvalue weighted by molar-refractivity contribution is 9.10. The van der Waals surface area contributed by atoms with Crippen molar-refractivity contribution in [2.45, 2.75) is 19.8 Å². The quantitative estimate of drug-likeness (QED) is 0.770. The molecule has 0 radical (unpaired) electrons. The summed E-state index contributed by atoms with van der Waals surface area (Å²) in [5.74, 6) is -0.0823. The molecule has 0 saturated heterocycles. The number of para-hydroxylation sites is 1. The molecule has 0 fully saturated rings. The third-order valence-corrected chi connectivity index (χ3v) is 2.79. The maximum Gasteiger partial charge on any atom is 0.241 e. The highest BCUT2D eigenvalue weighted by Gasteiger charge is 2.14. The fraction of sp³-hybridized carbons (Fsp3) is 0.300. The van der Waals surface area contributed by atoms with Gasteiger partial charge >= 0.3 is 0 Å². The van der Waals surface area contributed by atoms with E-state index >= 15 is 0 Å². The van der Waals surface area contributed by atoms with E-state index in [1.807, 2.05) is 25.1 Å². The van der Waals surface area contributed by atoms with Crippen molar-refractivity contribution in [3.05, 3.63) is 28.7 Å². The molecule has 0 spiro atoms. The molecule has 1 aromatic carbocycles. The highest BCUT2D eigenvalue weighted by Crippen LogP contribution is 2.27. The Morgan fingerprint density at radius 3 is 2.71 bits per heavy atom. The van der Waals surface area contributed by atoms with Crippen LogP contribution in [0.4, 0.5) is 5.69 Å². The Hall–Kier alpha value is -0.540. The van der Waals surface area contributed by atoms with Crippen molar-refractivity contribution < 1.29 is 4.79 Å². The van der Waals surface area contributed by atoms with E-state index in [4.69, 9.17) is 11.8 Å². The van der Waals surface area contributed by atoms with E-state index in [1.165, 1.54) is 0 Å². The third kappa shape index (κ3) is 2.72. The van der Waals surface area contributed by atoms with Gasteiger partial charge in [-0.05, 0) is 34.5 Å². The second kappa shape index (κ2) is 5.37. The molecule has 76 valence electrons. The van der Waals surface area contributed by atoms with Gasteiger partial charge in [0, 0.05) is 22.7 Å². The van der Waals surface area contributed by atoms with Gasteiger partial charge in [-0.15, -0.1) is 0 Å². The van der Waals surface area contributed by atoms with Gasteiger partial charge in [-0.1, -0.05) is 19.1 Å². The first-order valence-electron chi connectivity index (χ1n) is 4.40. The summed E-state index contributed by atoms with van der Waals surface area (Å²) >= 11 is 9.23. The van der Waals surface area contributed by atoms with Crippen LogP contribution in [-0.2, 0) is 4.79 Å². The molecular weight excluding hydrogens is 265 g/mol. The molecule has 0 saturated carbocycles. The van der Waals surface area contributed by atoms with Crippen LogP contribution in [0.25, 0.3) is 0 Å². The molecule has 0 heterocycles. The normalized spacial score (nSPS) is 9.93. The summed E-state index contributed by atoms with van der Waals surface area (Å²) in [6, 6.07) is 7.37. The second-order valence-electron chi connectivity index (χ2n) is 2.88. The number of amides is 1. The third-order valence-electron chi connectivity index (χ3n) is 1.75. The molecule has 1 aromatic rings. The summed E-state index contributed by atoms with van der Waals surface area (Å²) < 4.78 is 1.98. The average Bonchev–Trinajstić information content (AvgIpc) is 2.18. The number of carbonyl (C=O) groups is 1. The first-order valence-corrected chi connectivity index (χ1v) is 5.53. The Morgan fingerprint density at radius 2 is 2.14 bits per heavy atom. The topological polar surface area (TPSA) is 20.3 Å². The van der Waals surface area contributed by atoms with Gasteiger partial charge in [0.2, 0.25) is 5.91 Å². The molecule has 1 rings (SSSR count). The zero-order chi connectivity index (χ0) is 10.6. The maximum absolute atomic E-state index is 11.5. The molecule has 2 nitrogen and oxygen atoms in total. The van der Waals surface area contributed by atoms with E-state index in [1.54, 1.807) is 6.07 Å². The van der Waals surface area contributed by atoms with Gasteiger partial charge in [-0.3, -0.25) is 4.79 Å². The molecule has 0 N–H and O–H groups in total. The number of anilines is 1. The monoisotopic (exact) mass is 275 g/mol. The zero-order valence-electron chi connectivity index (χ0n) is 7.84. The lowest BCUT2D eigenvalue weighted by molar-refractivity contribution is -0.117. The van der Waals surface area contributed by atoms with Crippen molar-refractivity contribution in [2.24, 2.45) is 0 Å². The summed E-state index contributed by atoms with van der Waals surface area (Å²) in [5.41, 5.74) is 0.688. The Balaban J connectivity index is 2.84. The molecule has 0 atom stereocenters. The second-order valence-corrected chi connectivity index (χ2v) is 4.07. The van der Waals surface area contributed by atoms with Crippen LogP contribution in [0.1, 0.15) is 19.8 Å². The number of hydrogen-bond donors (Lipinski definition) is 0. The van der Waals surface area contributed by atoms with Crippen LogP contribution in [0.5, 0.6) is 0 Å². The van der Waals surface area contributed by atoms with Crippen LogP contribution in [-0.4, -0.2) is 5.91 Å². The Kier molecular flexibility index (Phi) is 4.42. The Labute approximate surface area is 97.1 Å². The Morgan fingerprint density at radius 1 is 1.50 bits per heavy atom. The first-order chi connectivity index (χ1) is 6.66. The number of benzene rings is 1. The molecule has 0 aliphatic heterocycles.